The molecule has 2 amide bonds. The monoisotopic (exact) mass is 292 g/mol. The molecule has 2 aliphatic rings. The highest BCUT2D eigenvalue weighted by atomic mass is 16.3. The number of aromatic nitrogens is 2. The molecule has 0 spiro atoms. The van der Waals surface area contributed by atoms with Crippen LogP contribution in [0, 0.1) is 11.8 Å². The Morgan fingerprint density at radius 1 is 1.48 bits per heavy atom. The van der Waals surface area contributed by atoms with Crippen molar-refractivity contribution in [3.05, 3.63) is 18.0 Å². The molecule has 6 heteroatoms. The molecule has 3 N–H and O–H groups in total. The normalized spacial score (nSPS) is 21.1. The average Bonchev–Trinajstić information content (AvgIpc) is 3.33. The molecule has 2 fully saturated rings. The molecule has 0 saturated heterocycles. The highest BCUT2D eigenvalue weighted by molar-refractivity contribution is 5.74. The van der Waals surface area contributed by atoms with Gasteiger partial charge in [0.25, 0.3) is 0 Å². The zero-order valence-electron chi connectivity index (χ0n) is 12.7. The summed E-state index contributed by atoms with van der Waals surface area (Å²) in [4.78, 5) is 12.0. The van der Waals surface area contributed by atoms with Gasteiger partial charge in [0.2, 0.25) is 0 Å². The van der Waals surface area contributed by atoms with E-state index in [1.807, 2.05) is 0 Å². The number of nitrogens with one attached hydrogen (secondary N) is 2. The molecule has 1 atom stereocenters. The lowest BCUT2D eigenvalue weighted by molar-refractivity contribution is 0.0591. The zero-order chi connectivity index (χ0) is 15.0. The van der Waals surface area contributed by atoms with Crippen LogP contribution >= 0.6 is 0 Å². The number of hydrogen-bond donors (Lipinski definition) is 3. The maximum absolute atomic E-state index is 12.0. The van der Waals surface area contributed by atoms with Crippen molar-refractivity contribution in [1.82, 2.24) is 20.4 Å². The quantitative estimate of drug-likeness (QED) is 0.735. The molecule has 1 heterocycles. The Bertz CT molecular complexity index is 505. The maximum Gasteiger partial charge on any atom is 0.315 e. The van der Waals surface area contributed by atoms with Crippen molar-refractivity contribution in [1.29, 1.82) is 0 Å². The van der Waals surface area contributed by atoms with E-state index in [1.165, 1.54) is 25.7 Å². The minimum atomic E-state index is -1.11. The summed E-state index contributed by atoms with van der Waals surface area (Å²) >= 11 is 0. The van der Waals surface area contributed by atoms with Gasteiger partial charge in [0.05, 0.1) is 12.7 Å². The third kappa shape index (κ3) is 3.56. The van der Waals surface area contributed by atoms with Crippen LogP contribution in [0.3, 0.4) is 0 Å². The molecule has 0 aliphatic heterocycles. The Morgan fingerprint density at radius 2 is 2.10 bits per heavy atom. The summed E-state index contributed by atoms with van der Waals surface area (Å²) in [6.07, 6.45) is 8.31. The molecule has 116 valence electrons. The molecule has 21 heavy (non-hydrogen) atoms. The standard InChI is InChI=1S/C15H24N4O2/c1-15(21,12-7-17-19(2)8-12)9-16-14(20)18-13(10-3-4-10)11-5-6-11/h7-8,10-11,13,21H,3-6,9H2,1-2H3,(H2,16,18,20). The van der Waals surface area contributed by atoms with Crippen molar-refractivity contribution in [3.8, 4) is 0 Å². The molecule has 3 rings (SSSR count). The van der Waals surface area contributed by atoms with Gasteiger partial charge in [-0.2, -0.15) is 5.10 Å². The number of nitrogens with zero attached hydrogens (tertiary/aromatic N) is 2. The highest BCUT2D eigenvalue weighted by Gasteiger charge is 2.42. The van der Waals surface area contributed by atoms with Gasteiger partial charge in [-0.05, 0) is 44.4 Å². The van der Waals surface area contributed by atoms with Gasteiger partial charge >= 0.3 is 6.03 Å². The molecule has 1 aromatic heterocycles. The Labute approximate surface area is 124 Å². The van der Waals surface area contributed by atoms with Crippen LogP contribution in [0.1, 0.15) is 38.2 Å². The Balaban J connectivity index is 1.50. The van der Waals surface area contributed by atoms with Gasteiger partial charge in [0.1, 0.15) is 5.60 Å². The number of amides is 2. The van der Waals surface area contributed by atoms with Crippen LogP contribution in [0.25, 0.3) is 0 Å². The van der Waals surface area contributed by atoms with Crippen LogP contribution in [-0.2, 0) is 12.6 Å². The van der Waals surface area contributed by atoms with Crippen LogP contribution < -0.4 is 10.6 Å². The summed E-state index contributed by atoms with van der Waals surface area (Å²) in [6.45, 7) is 1.86. The summed E-state index contributed by atoms with van der Waals surface area (Å²) in [6, 6.07) is 0.149. The largest absolute Gasteiger partial charge is 0.383 e. The van der Waals surface area contributed by atoms with E-state index in [9.17, 15) is 9.90 Å². The first-order valence-corrected chi connectivity index (χ1v) is 7.71. The molecule has 1 aromatic rings. The van der Waals surface area contributed by atoms with Crippen LogP contribution in [0.2, 0.25) is 0 Å². The van der Waals surface area contributed by atoms with Crippen molar-refractivity contribution in [2.75, 3.05) is 6.54 Å². The van der Waals surface area contributed by atoms with Crippen molar-refractivity contribution in [3.63, 3.8) is 0 Å². The Morgan fingerprint density at radius 3 is 2.57 bits per heavy atom. The van der Waals surface area contributed by atoms with E-state index in [0.29, 0.717) is 23.4 Å². The van der Waals surface area contributed by atoms with Crippen LogP contribution in [0.5, 0.6) is 0 Å². The molecular weight excluding hydrogens is 268 g/mol. The van der Waals surface area contributed by atoms with Gasteiger partial charge in [-0.1, -0.05) is 0 Å². The average molecular weight is 292 g/mol. The van der Waals surface area contributed by atoms with Crippen molar-refractivity contribution >= 4 is 6.03 Å². The molecule has 1 unspecified atom stereocenters. The first-order chi connectivity index (χ1) is 9.95. The second kappa shape index (κ2) is 5.33. The fourth-order valence-electron chi connectivity index (χ4n) is 2.79. The predicted molar refractivity (Wildman–Crippen MR) is 78.5 cm³/mol. The van der Waals surface area contributed by atoms with E-state index < -0.39 is 5.60 Å². The zero-order valence-corrected chi connectivity index (χ0v) is 12.7. The lowest BCUT2D eigenvalue weighted by atomic mass is 10.00. The van der Waals surface area contributed by atoms with Crippen molar-refractivity contribution in [2.45, 2.75) is 44.2 Å². The van der Waals surface area contributed by atoms with Crippen LogP contribution in [-0.4, -0.2) is 33.5 Å². The summed E-state index contributed by atoms with van der Waals surface area (Å²) in [5.41, 5.74) is -0.411. The smallest absolute Gasteiger partial charge is 0.315 e. The Kier molecular flexibility index (Phi) is 3.65. The number of aryl methyl sites for hydroxylation is 1. The topological polar surface area (TPSA) is 79.2 Å². The van der Waals surface area contributed by atoms with E-state index >= 15 is 0 Å². The highest BCUT2D eigenvalue weighted by Crippen LogP contribution is 2.44. The van der Waals surface area contributed by atoms with Crippen molar-refractivity contribution < 1.29 is 9.90 Å². The summed E-state index contributed by atoms with van der Waals surface area (Å²) in [5.74, 6) is 1.34. The van der Waals surface area contributed by atoms with Gasteiger partial charge in [-0.25, -0.2) is 4.79 Å². The first kappa shape index (κ1) is 14.4. The second-order valence-electron chi connectivity index (χ2n) is 6.70. The van der Waals surface area contributed by atoms with Gasteiger partial charge in [-0.3, -0.25) is 4.68 Å². The summed E-state index contributed by atoms with van der Waals surface area (Å²) in [5, 5.41) is 20.4. The van der Waals surface area contributed by atoms with Gasteiger partial charge < -0.3 is 15.7 Å². The van der Waals surface area contributed by atoms with E-state index in [1.54, 1.807) is 31.0 Å². The minimum Gasteiger partial charge on any atom is -0.383 e. The summed E-state index contributed by atoms with van der Waals surface area (Å²) in [7, 11) is 1.80. The second-order valence-corrected chi connectivity index (χ2v) is 6.70. The minimum absolute atomic E-state index is 0.173. The van der Waals surface area contributed by atoms with E-state index in [2.05, 4.69) is 15.7 Å². The molecule has 6 nitrogen and oxygen atoms in total. The number of hydrogen-bond acceptors (Lipinski definition) is 3. The van der Waals surface area contributed by atoms with E-state index in [4.69, 9.17) is 0 Å². The number of aliphatic hydroxyl groups is 1. The number of urea groups is 1. The van der Waals surface area contributed by atoms with Crippen molar-refractivity contribution in [2.24, 2.45) is 18.9 Å². The third-order valence-corrected chi connectivity index (χ3v) is 4.48. The molecule has 2 aliphatic carbocycles. The van der Waals surface area contributed by atoms with E-state index in [0.717, 1.165) is 0 Å². The molecule has 2 saturated carbocycles. The predicted octanol–water partition coefficient (Wildman–Crippen LogP) is 1.12. The number of rotatable bonds is 6. The molecule has 0 radical (unpaired) electrons. The summed E-state index contributed by atoms with van der Waals surface area (Å²) < 4.78 is 1.64. The SMILES string of the molecule is Cn1cc(C(C)(O)CNC(=O)NC(C2CC2)C2CC2)cn1. The lowest BCUT2D eigenvalue weighted by Gasteiger charge is -2.24. The number of carbonyl (C=O) groups excluding carboxylic acids is 1. The molecule has 0 aromatic carbocycles. The van der Waals surface area contributed by atoms with Crippen LogP contribution in [0.15, 0.2) is 12.4 Å². The van der Waals surface area contributed by atoms with Gasteiger partial charge in [0.15, 0.2) is 0 Å². The van der Waals surface area contributed by atoms with E-state index in [-0.39, 0.29) is 12.6 Å². The first-order valence-electron chi connectivity index (χ1n) is 7.71. The lowest BCUT2D eigenvalue weighted by Crippen LogP contribution is -2.48. The van der Waals surface area contributed by atoms with Gasteiger partial charge in [-0.15, -0.1) is 0 Å². The Hall–Kier alpha value is -1.56. The van der Waals surface area contributed by atoms with Crippen LogP contribution in [0.4, 0.5) is 4.79 Å². The molecule has 0 bridgehead atoms. The third-order valence-electron chi connectivity index (χ3n) is 4.48. The maximum atomic E-state index is 12.0. The fraction of sp³-hybridized carbons (Fsp3) is 0.733. The van der Waals surface area contributed by atoms with Gasteiger partial charge in [0, 0.05) is 24.8 Å². The molecular formula is C15H24N4O2. The fourth-order valence-corrected chi connectivity index (χ4v) is 2.79. The number of carbonyl (C=O) groups is 1.